The van der Waals surface area contributed by atoms with Gasteiger partial charge in [0, 0.05) is 31.9 Å². The Morgan fingerprint density at radius 2 is 0.912 bits per heavy atom. The van der Waals surface area contributed by atoms with Crippen molar-refractivity contribution in [3.8, 4) is 11.5 Å². The maximum absolute atomic E-state index is 11.6. The van der Waals surface area contributed by atoms with E-state index in [1.807, 2.05) is 0 Å². The molecular weight excluding hydrogens is 856 g/mol. The van der Waals surface area contributed by atoms with Gasteiger partial charge in [-0.15, -0.1) is 20.5 Å². The minimum Gasteiger partial charge on any atom is -0.545 e. The predicted molar refractivity (Wildman–Crippen MR) is 206 cm³/mol. The first-order valence-corrected chi connectivity index (χ1v) is 19.1. The van der Waals surface area contributed by atoms with Crippen LogP contribution in [0.4, 0.5) is 22.7 Å². The van der Waals surface area contributed by atoms with Gasteiger partial charge >= 0.3 is 37.7 Å². The van der Waals surface area contributed by atoms with E-state index in [1.54, 1.807) is 62.4 Å². The van der Waals surface area contributed by atoms with E-state index in [-0.39, 0.29) is 70.5 Å². The average Bonchev–Trinajstić information content (AvgIpc) is 3.12. The van der Waals surface area contributed by atoms with Gasteiger partial charge in [0.15, 0.2) is 11.5 Å². The summed E-state index contributed by atoms with van der Waals surface area (Å²) in [5.41, 5.74) is -0.873. The number of azo groups is 2. The maximum Gasteiger partial charge on any atom is 2.00 e. The molecule has 0 radical (unpaired) electrons. The molecule has 0 aliphatic rings. The third kappa shape index (κ3) is 10.0. The van der Waals surface area contributed by atoms with Crippen molar-refractivity contribution < 1.29 is 56.0 Å². The summed E-state index contributed by atoms with van der Waals surface area (Å²) in [5, 5.41) is 60.4. The molecule has 16 nitrogen and oxygen atoms in total. The van der Waals surface area contributed by atoms with Gasteiger partial charge in [0.2, 0.25) is 0 Å². The normalized spacial score (nSPS) is 11.8. The Labute approximate surface area is 363 Å². The van der Waals surface area contributed by atoms with Gasteiger partial charge in [0.25, 0.3) is 20.2 Å². The number of fused-ring (bicyclic) bond motifs is 2. The molecule has 21 heteroatoms. The van der Waals surface area contributed by atoms with Crippen molar-refractivity contribution in [1.82, 2.24) is 0 Å². The van der Waals surface area contributed by atoms with Crippen molar-refractivity contribution in [2.45, 2.75) is 23.6 Å². The number of benzene rings is 6. The van der Waals surface area contributed by atoms with Gasteiger partial charge in [-0.1, -0.05) is 71.7 Å². The van der Waals surface area contributed by atoms with Crippen LogP contribution in [0.2, 0.25) is 10.0 Å². The zero-order chi connectivity index (χ0) is 41.3. The minimum absolute atomic E-state index is 0. The Morgan fingerprint density at radius 1 is 0.579 bits per heavy atom. The molecule has 0 spiro atoms. The number of nitrogens with zero attached hydrogens (tertiary/aromatic N) is 4. The SMILES string of the molecule is Cc1cc(N=Nc2c(O)c(C(=O)[O-])cc3ccccc23)c(S(=O)(=O)O)cc1Cl.Cc1cc(N=Nc2c(O)c(C(=O)[O-])cc3ccccc23)c(S(=O)(=O)O)cc1Cl.[Ca+2]. The van der Waals surface area contributed by atoms with Crippen LogP contribution in [-0.4, -0.2) is 85.8 Å². The number of phenols is 2. The van der Waals surface area contributed by atoms with Gasteiger partial charge in [-0.3, -0.25) is 9.11 Å². The average molecular weight is 880 g/mol. The molecule has 0 aliphatic heterocycles. The summed E-state index contributed by atoms with van der Waals surface area (Å²) >= 11 is 11.8. The van der Waals surface area contributed by atoms with Crippen LogP contribution in [0.25, 0.3) is 21.5 Å². The van der Waals surface area contributed by atoms with Gasteiger partial charge in [0.1, 0.15) is 32.5 Å². The largest absolute Gasteiger partial charge is 2.00 e. The molecule has 0 saturated carbocycles. The van der Waals surface area contributed by atoms with Crippen molar-refractivity contribution in [2.24, 2.45) is 20.5 Å². The molecule has 4 N–H and O–H groups in total. The Morgan fingerprint density at radius 3 is 1.23 bits per heavy atom. The molecule has 0 heterocycles. The molecule has 0 aliphatic carbocycles. The van der Waals surface area contributed by atoms with Gasteiger partial charge in [0.05, 0.1) is 11.9 Å². The van der Waals surface area contributed by atoms with Crippen molar-refractivity contribution in [3.05, 3.63) is 117 Å². The Balaban J connectivity index is 0.000000248. The van der Waals surface area contributed by atoms with Crippen LogP contribution in [-0.2, 0) is 20.2 Å². The van der Waals surface area contributed by atoms with Crippen LogP contribution in [0, 0.1) is 13.8 Å². The number of carbonyl (C=O) groups is 2. The molecular formula is C36H24CaCl2N4O12S2. The number of aryl methyl sites for hydroxylation is 2. The van der Waals surface area contributed by atoms with E-state index in [9.17, 15) is 56.0 Å². The summed E-state index contributed by atoms with van der Waals surface area (Å²) in [6.07, 6.45) is 0. The third-order valence-corrected chi connectivity index (χ3v) is 10.6. The van der Waals surface area contributed by atoms with Crippen LogP contribution >= 0.6 is 23.2 Å². The molecule has 6 aromatic carbocycles. The number of hydrogen-bond donors (Lipinski definition) is 4. The van der Waals surface area contributed by atoms with E-state index in [2.05, 4.69) is 20.5 Å². The number of carboxylic acid groups (broad SMARTS) is 2. The van der Waals surface area contributed by atoms with Crippen LogP contribution in [0.1, 0.15) is 31.8 Å². The third-order valence-electron chi connectivity index (χ3n) is 7.98. The van der Waals surface area contributed by atoms with E-state index >= 15 is 0 Å². The monoisotopic (exact) mass is 878 g/mol. The molecule has 0 atom stereocenters. The van der Waals surface area contributed by atoms with Crippen molar-refractivity contribution in [3.63, 3.8) is 0 Å². The molecule has 0 unspecified atom stereocenters. The van der Waals surface area contributed by atoms with E-state index in [4.69, 9.17) is 23.2 Å². The summed E-state index contributed by atoms with van der Waals surface area (Å²) in [6, 6.07) is 20.1. The topological polar surface area (TPSA) is 279 Å². The standard InChI is InChI=1S/2C18H13ClN2O6S.Ca/c2*1-9-6-14(15(8-13(9)19)28(25,26)27)20-21-16-11-5-3-2-4-10(11)7-12(17(16)22)18(23)24;/h2*2-8,22H,1H3,(H,23,24)(H,25,26,27);/q;;+2/p-2. The van der Waals surface area contributed by atoms with E-state index < -0.39 is 64.6 Å². The minimum atomic E-state index is -4.66. The summed E-state index contributed by atoms with van der Waals surface area (Å²) in [5.74, 6) is -4.58. The number of carboxylic acids is 2. The summed E-state index contributed by atoms with van der Waals surface area (Å²) < 4.78 is 65.2. The first kappa shape index (κ1) is 44.9. The quantitative estimate of drug-likeness (QED) is 0.0707. The number of hydrogen-bond acceptors (Lipinski definition) is 14. The number of halogens is 2. The Bertz CT molecular complexity index is 2710. The second-order valence-corrected chi connectivity index (χ2v) is 15.3. The van der Waals surface area contributed by atoms with Crippen molar-refractivity contribution in [1.29, 1.82) is 0 Å². The smallest absolute Gasteiger partial charge is 0.545 e. The fraction of sp³-hybridized carbons (Fsp3) is 0.0556. The van der Waals surface area contributed by atoms with Crippen molar-refractivity contribution in [2.75, 3.05) is 0 Å². The molecule has 6 rings (SSSR count). The van der Waals surface area contributed by atoms with Gasteiger partial charge in [-0.25, -0.2) is 0 Å². The molecule has 0 fully saturated rings. The molecule has 0 aromatic heterocycles. The summed E-state index contributed by atoms with van der Waals surface area (Å²) in [4.78, 5) is 21.4. The molecule has 0 bridgehead atoms. The first-order chi connectivity index (χ1) is 26.2. The van der Waals surface area contributed by atoms with Crippen LogP contribution in [0.5, 0.6) is 11.5 Å². The zero-order valence-electron chi connectivity index (χ0n) is 29.2. The molecule has 0 saturated heterocycles. The molecule has 288 valence electrons. The number of carbonyl (C=O) groups excluding carboxylic acids is 2. The van der Waals surface area contributed by atoms with Gasteiger partial charge in [-0.05, 0) is 72.1 Å². The maximum atomic E-state index is 11.6. The van der Waals surface area contributed by atoms with E-state index in [1.165, 1.54) is 24.3 Å². The van der Waals surface area contributed by atoms with Gasteiger partial charge in [-0.2, -0.15) is 16.8 Å². The molecule has 6 aromatic rings. The van der Waals surface area contributed by atoms with E-state index in [0.29, 0.717) is 32.7 Å². The van der Waals surface area contributed by atoms with Crippen LogP contribution in [0.3, 0.4) is 0 Å². The van der Waals surface area contributed by atoms with Gasteiger partial charge < -0.3 is 30.0 Å². The predicted octanol–water partition coefficient (Wildman–Crippen LogP) is 6.68. The van der Waals surface area contributed by atoms with E-state index in [0.717, 1.165) is 12.1 Å². The van der Waals surface area contributed by atoms with Crippen LogP contribution in [0.15, 0.2) is 115 Å². The number of aromatic hydroxyl groups is 2. The number of aromatic carboxylic acids is 2. The second kappa shape index (κ2) is 17.8. The summed E-state index contributed by atoms with van der Waals surface area (Å²) in [7, 11) is -9.31. The second-order valence-electron chi connectivity index (χ2n) is 11.7. The fourth-order valence-corrected chi connectivity index (χ4v) is 6.94. The Hall–Kier alpha value is -4.76. The molecule has 57 heavy (non-hydrogen) atoms. The summed E-state index contributed by atoms with van der Waals surface area (Å²) in [6.45, 7) is 3.19. The zero-order valence-corrected chi connectivity index (χ0v) is 34.6. The molecule has 0 amide bonds. The first-order valence-electron chi connectivity index (χ1n) is 15.5. The number of rotatable bonds is 8. The Kier molecular flexibility index (Phi) is 14.0. The van der Waals surface area contributed by atoms with Crippen LogP contribution < -0.4 is 10.2 Å². The fourth-order valence-electron chi connectivity index (χ4n) is 5.22. The van der Waals surface area contributed by atoms with Crippen molar-refractivity contribution >= 4 is 137 Å².